The van der Waals surface area contributed by atoms with Gasteiger partial charge in [0.1, 0.15) is 5.82 Å². The van der Waals surface area contributed by atoms with Gasteiger partial charge in [-0.25, -0.2) is 4.39 Å². The molecule has 0 N–H and O–H groups in total. The molecule has 0 radical (unpaired) electrons. The number of halogens is 2. The normalized spacial score (nSPS) is 37.0. The van der Waals surface area contributed by atoms with E-state index in [0.29, 0.717) is 10.8 Å². The lowest BCUT2D eigenvalue weighted by Crippen LogP contribution is -2.65. The highest BCUT2D eigenvalue weighted by Gasteiger charge is 2.67. The van der Waals surface area contributed by atoms with Gasteiger partial charge in [0.2, 0.25) is 0 Å². The van der Waals surface area contributed by atoms with Gasteiger partial charge in [0.05, 0.1) is 0 Å². The predicted octanol–water partition coefficient (Wildman–Crippen LogP) is 3.79. The third kappa shape index (κ3) is 1.13. The van der Waals surface area contributed by atoms with Crippen LogP contribution in [0.4, 0.5) is 4.39 Å². The molecule has 4 rings (SSSR count). The van der Waals surface area contributed by atoms with Gasteiger partial charge in [-0.3, -0.25) is 0 Å². The van der Waals surface area contributed by atoms with Crippen molar-refractivity contribution in [2.75, 3.05) is 5.88 Å². The Hall–Kier alpha value is -0.560. The van der Waals surface area contributed by atoms with Crippen molar-refractivity contribution in [2.24, 2.45) is 5.41 Å². The molecule has 1 aromatic carbocycles. The van der Waals surface area contributed by atoms with E-state index in [1.807, 2.05) is 13.0 Å². The molecule has 3 saturated carbocycles. The van der Waals surface area contributed by atoms with Crippen LogP contribution in [0, 0.1) is 18.2 Å². The Morgan fingerprint density at radius 1 is 1.33 bits per heavy atom. The highest BCUT2D eigenvalue weighted by Crippen LogP contribution is 2.74. The van der Waals surface area contributed by atoms with Gasteiger partial charge >= 0.3 is 0 Å². The zero-order valence-corrected chi connectivity index (χ0v) is 9.57. The summed E-state index contributed by atoms with van der Waals surface area (Å²) < 4.78 is 13.0. The molecule has 80 valence electrons. The summed E-state index contributed by atoms with van der Waals surface area (Å²) in [5.41, 5.74) is 3.23. The number of aryl methyl sites for hydroxylation is 1. The quantitative estimate of drug-likeness (QED) is 0.671. The second-order valence-corrected chi connectivity index (χ2v) is 5.67. The second kappa shape index (κ2) is 2.76. The monoisotopic (exact) mass is 224 g/mol. The Balaban J connectivity index is 1.91. The van der Waals surface area contributed by atoms with Crippen molar-refractivity contribution in [1.29, 1.82) is 0 Å². The van der Waals surface area contributed by atoms with Crippen molar-refractivity contribution in [3.8, 4) is 0 Å². The molecule has 3 fully saturated rings. The van der Waals surface area contributed by atoms with E-state index < -0.39 is 0 Å². The molecule has 1 aromatic rings. The molecule has 0 spiro atoms. The van der Waals surface area contributed by atoms with Crippen LogP contribution in [-0.4, -0.2) is 5.88 Å². The molecular formula is C13H14ClF. The van der Waals surface area contributed by atoms with E-state index >= 15 is 0 Å². The lowest BCUT2D eigenvalue weighted by Gasteiger charge is -2.71. The van der Waals surface area contributed by atoms with Crippen LogP contribution in [0.15, 0.2) is 18.2 Å². The van der Waals surface area contributed by atoms with E-state index in [1.165, 1.54) is 24.8 Å². The topological polar surface area (TPSA) is 0 Å². The zero-order chi connectivity index (χ0) is 10.7. The fourth-order valence-corrected chi connectivity index (χ4v) is 3.93. The van der Waals surface area contributed by atoms with Crippen molar-refractivity contribution in [2.45, 2.75) is 31.6 Å². The van der Waals surface area contributed by atoms with Crippen LogP contribution in [0.25, 0.3) is 0 Å². The van der Waals surface area contributed by atoms with Crippen molar-refractivity contribution in [3.05, 3.63) is 35.1 Å². The van der Waals surface area contributed by atoms with Crippen LogP contribution in [0.1, 0.15) is 30.4 Å². The summed E-state index contributed by atoms with van der Waals surface area (Å²) in [4.78, 5) is 0. The number of benzene rings is 1. The Bertz CT molecular complexity index is 405. The SMILES string of the molecule is Cc1cc(F)ccc1C12CC(CCl)(C1)C2. The average Bonchev–Trinajstić information content (AvgIpc) is 2.04. The first-order valence-electron chi connectivity index (χ1n) is 5.42. The summed E-state index contributed by atoms with van der Waals surface area (Å²) in [6.07, 6.45) is 3.61. The van der Waals surface area contributed by atoms with Gasteiger partial charge < -0.3 is 0 Å². The summed E-state index contributed by atoms with van der Waals surface area (Å²) in [6, 6.07) is 5.18. The fraction of sp³-hybridized carbons (Fsp3) is 0.538. The van der Waals surface area contributed by atoms with E-state index in [0.717, 1.165) is 11.4 Å². The predicted molar refractivity (Wildman–Crippen MR) is 59.8 cm³/mol. The van der Waals surface area contributed by atoms with Crippen molar-refractivity contribution in [3.63, 3.8) is 0 Å². The third-order valence-corrected chi connectivity index (χ3v) is 4.75. The molecule has 0 nitrogen and oxygen atoms in total. The maximum absolute atomic E-state index is 13.0. The minimum absolute atomic E-state index is 0.130. The Morgan fingerprint density at radius 3 is 2.53 bits per heavy atom. The van der Waals surface area contributed by atoms with Gasteiger partial charge in [-0.1, -0.05) is 6.07 Å². The number of hydrogen-bond acceptors (Lipinski definition) is 0. The fourth-order valence-electron chi connectivity index (χ4n) is 3.65. The van der Waals surface area contributed by atoms with Crippen LogP contribution < -0.4 is 0 Å². The first-order chi connectivity index (χ1) is 7.09. The van der Waals surface area contributed by atoms with Gasteiger partial charge in [0, 0.05) is 5.88 Å². The third-order valence-electron chi connectivity index (χ3n) is 4.18. The van der Waals surface area contributed by atoms with E-state index in [1.54, 1.807) is 12.1 Å². The van der Waals surface area contributed by atoms with Crippen molar-refractivity contribution >= 4 is 11.6 Å². The molecule has 0 heterocycles. The summed E-state index contributed by atoms with van der Waals surface area (Å²) in [5, 5.41) is 0. The van der Waals surface area contributed by atoms with Gasteiger partial charge in [-0.15, -0.1) is 11.6 Å². The van der Waals surface area contributed by atoms with Crippen LogP contribution in [0.3, 0.4) is 0 Å². The van der Waals surface area contributed by atoms with Crippen LogP contribution in [-0.2, 0) is 5.41 Å². The Kier molecular flexibility index (Phi) is 1.78. The van der Waals surface area contributed by atoms with Gasteiger partial charge in [-0.05, 0) is 60.3 Å². The van der Waals surface area contributed by atoms with Crippen molar-refractivity contribution < 1.29 is 4.39 Å². The Labute approximate surface area is 94.4 Å². The molecule has 0 atom stereocenters. The smallest absolute Gasteiger partial charge is 0.123 e. The summed E-state index contributed by atoms with van der Waals surface area (Å²) >= 11 is 5.94. The molecule has 2 bridgehead atoms. The molecule has 15 heavy (non-hydrogen) atoms. The van der Waals surface area contributed by atoms with E-state index in [2.05, 4.69) is 0 Å². The molecule has 0 amide bonds. The number of alkyl halides is 1. The van der Waals surface area contributed by atoms with Crippen LogP contribution in [0.2, 0.25) is 0 Å². The largest absolute Gasteiger partial charge is 0.207 e. The second-order valence-electron chi connectivity index (χ2n) is 5.40. The highest BCUT2D eigenvalue weighted by atomic mass is 35.5. The zero-order valence-electron chi connectivity index (χ0n) is 8.82. The lowest BCUT2D eigenvalue weighted by atomic mass is 9.34. The minimum Gasteiger partial charge on any atom is -0.207 e. The molecule has 2 heteroatoms. The minimum atomic E-state index is -0.130. The average molecular weight is 225 g/mol. The molecular weight excluding hydrogens is 211 g/mol. The molecule has 3 aliphatic rings. The Morgan fingerprint density at radius 2 is 2.00 bits per heavy atom. The van der Waals surface area contributed by atoms with E-state index in [9.17, 15) is 4.39 Å². The van der Waals surface area contributed by atoms with Crippen LogP contribution >= 0.6 is 11.6 Å². The highest BCUT2D eigenvalue weighted by molar-refractivity contribution is 6.18. The summed E-state index contributed by atoms with van der Waals surface area (Å²) in [6.45, 7) is 2.01. The maximum Gasteiger partial charge on any atom is 0.123 e. The van der Waals surface area contributed by atoms with Gasteiger partial charge in [-0.2, -0.15) is 0 Å². The number of hydrogen-bond donors (Lipinski definition) is 0. The maximum atomic E-state index is 13.0. The first-order valence-corrected chi connectivity index (χ1v) is 5.95. The van der Waals surface area contributed by atoms with Gasteiger partial charge in [0.25, 0.3) is 0 Å². The molecule has 3 aliphatic carbocycles. The van der Waals surface area contributed by atoms with Crippen molar-refractivity contribution in [1.82, 2.24) is 0 Å². The van der Waals surface area contributed by atoms with E-state index in [-0.39, 0.29) is 5.82 Å². The summed E-state index contributed by atoms with van der Waals surface area (Å²) in [5.74, 6) is 0.657. The lowest BCUT2D eigenvalue weighted by molar-refractivity contribution is -0.122. The molecule has 0 aliphatic heterocycles. The first kappa shape index (κ1) is 9.65. The molecule has 0 unspecified atom stereocenters. The van der Waals surface area contributed by atoms with Gasteiger partial charge in [0.15, 0.2) is 0 Å². The molecule has 0 aromatic heterocycles. The standard InChI is InChI=1S/C13H14ClF/c1-9-4-10(15)2-3-11(9)13-5-12(6-13,7-13)8-14/h2-4H,5-8H2,1H3. The summed E-state index contributed by atoms with van der Waals surface area (Å²) in [7, 11) is 0. The van der Waals surface area contributed by atoms with Crippen LogP contribution in [0.5, 0.6) is 0 Å². The molecule has 0 saturated heterocycles. The van der Waals surface area contributed by atoms with E-state index in [4.69, 9.17) is 11.6 Å². The number of rotatable bonds is 2.